The second-order valence-corrected chi connectivity index (χ2v) is 4.40. The molecule has 0 aliphatic heterocycles. The van der Waals surface area contributed by atoms with Gasteiger partial charge in [0, 0.05) is 16.8 Å². The molecule has 0 atom stereocenters. The van der Waals surface area contributed by atoms with Crippen LogP contribution in [0.4, 0.5) is 0 Å². The highest BCUT2D eigenvalue weighted by molar-refractivity contribution is 6.05. The number of methoxy groups -OCH3 is 1. The molecule has 0 unspecified atom stereocenters. The molecule has 2 aromatic carbocycles. The van der Waals surface area contributed by atoms with Crippen LogP contribution < -0.4 is 4.74 Å². The number of ether oxygens (including phenoxy) is 1. The van der Waals surface area contributed by atoms with Gasteiger partial charge in [-0.2, -0.15) is 0 Å². The molecule has 0 amide bonds. The summed E-state index contributed by atoms with van der Waals surface area (Å²) in [6.07, 6.45) is 0. The average Bonchev–Trinajstić information content (AvgIpc) is 2.66. The molecule has 2 nitrogen and oxygen atoms in total. The predicted molar refractivity (Wildman–Crippen MR) is 69.7 cm³/mol. The number of hydrogen-bond acceptors (Lipinski definition) is 2. The van der Waals surface area contributed by atoms with Gasteiger partial charge in [0.1, 0.15) is 16.9 Å². The fourth-order valence-electron chi connectivity index (χ4n) is 2.14. The van der Waals surface area contributed by atoms with Gasteiger partial charge in [-0.1, -0.05) is 0 Å². The molecule has 0 saturated carbocycles. The maximum atomic E-state index is 5.85. The fourth-order valence-corrected chi connectivity index (χ4v) is 2.14. The van der Waals surface area contributed by atoms with Crippen LogP contribution in [0.1, 0.15) is 11.1 Å². The van der Waals surface area contributed by atoms with Gasteiger partial charge in [0.2, 0.25) is 0 Å². The highest BCUT2D eigenvalue weighted by Gasteiger charge is 2.09. The first kappa shape index (κ1) is 10.2. The molecule has 0 radical (unpaired) electrons. The van der Waals surface area contributed by atoms with Crippen LogP contribution in [-0.2, 0) is 0 Å². The van der Waals surface area contributed by atoms with Crippen molar-refractivity contribution in [3.63, 3.8) is 0 Å². The summed E-state index contributed by atoms with van der Waals surface area (Å²) in [4.78, 5) is 0. The van der Waals surface area contributed by atoms with E-state index in [4.69, 9.17) is 9.15 Å². The van der Waals surface area contributed by atoms with E-state index in [1.807, 2.05) is 12.1 Å². The first-order chi connectivity index (χ1) is 8.19. The quantitative estimate of drug-likeness (QED) is 0.620. The zero-order chi connectivity index (χ0) is 12.0. The molecule has 0 bridgehead atoms. The molecule has 0 aliphatic rings. The van der Waals surface area contributed by atoms with Crippen LogP contribution in [0.3, 0.4) is 0 Å². The molecule has 17 heavy (non-hydrogen) atoms. The number of aryl methyl sites for hydroxylation is 2. The lowest BCUT2D eigenvalue weighted by Gasteiger charge is -1.98. The van der Waals surface area contributed by atoms with Crippen LogP contribution >= 0.6 is 0 Å². The lowest BCUT2D eigenvalue weighted by molar-refractivity contribution is 0.414. The zero-order valence-electron chi connectivity index (χ0n) is 10.2. The van der Waals surface area contributed by atoms with Gasteiger partial charge in [-0.25, -0.2) is 0 Å². The molecule has 0 N–H and O–H groups in total. The van der Waals surface area contributed by atoms with Crippen molar-refractivity contribution in [3.05, 3.63) is 41.5 Å². The average molecular weight is 226 g/mol. The number of furan rings is 1. The number of rotatable bonds is 1. The Morgan fingerprint density at radius 2 is 1.59 bits per heavy atom. The molecule has 1 heterocycles. The van der Waals surface area contributed by atoms with Gasteiger partial charge in [0.15, 0.2) is 0 Å². The summed E-state index contributed by atoms with van der Waals surface area (Å²) in [5, 5.41) is 2.31. The summed E-state index contributed by atoms with van der Waals surface area (Å²) in [6.45, 7) is 4.22. The molecular formula is C15H14O2. The second-order valence-electron chi connectivity index (χ2n) is 4.40. The second kappa shape index (κ2) is 3.52. The monoisotopic (exact) mass is 226 g/mol. The van der Waals surface area contributed by atoms with Gasteiger partial charge < -0.3 is 9.15 Å². The van der Waals surface area contributed by atoms with Crippen molar-refractivity contribution in [1.82, 2.24) is 0 Å². The molecule has 0 saturated heterocycles. The highest BCUT2D eigenvalue weighted by Crippen LogP contribution is 2.32. The summed E-state index contributed by atoms with van der Waals surface area (Å²) in [7, 11) is 1.66. The first-order valence-electron chi connectivity index (χ1n) is 5.66. The minimum atomic E-state index is 0.824. The maximum absolute atomic E-state index is 5.85. The summed E-state index contributed by atoms with van der Waals surface area (Å²) >= 11 is 0. The van der Waals surface area contributed by atoms with Crippen molar-refractivity contribution in [2.45, 2.75) is 13.8 Å². The predicted octanol–water partition coefficient (Wildman–Crippen LogP) is 4.21. The normalized spacial score (nSPS) is 11.2. The summed E-state index contributed by atoms with van der Waals surface area (Å²) < 4.78 is 11.1. The largest absolute Gasteiger partial charge is 0.497 e. The van der Waals surface area contributed by atoms with Crippen molar-refractivity contribution >= 4 is 21.9 Å². The van der Waals surface area contributed by atoms with Crippen LogP contribution in [0.25, 0.3) is 21.9 Å². The maximum Gasteiger partial charge on any atom is 0.139 e. The third kappa shape index (κ3) is 1.48. The Bertz CT molecular complexity index is 708. The number of benzene rings is 2. The van der Waals surface area contributed by atoms with E-state index in [-0.39, 0.29) is 0 Å². The molecule has 0 aliphatic carbocycles. The van der Waals surface area contributed by atoms with E-state index in [1.54, 1.807) is 7.11 Å². The van der Waals surface area contributed by atoms with Crippen molar-refractivity contribution in [2.75, 3.05) is 7.11 Å². The minimum absolute atomic E-state index is 0.824. The van der Waals surface area contributed by atoms with Crippen LogP contribution in [0.15, 0.2) is 34.7 Å². The van der Waals surface area contributed by atoms with Gasteiger partial charge >= 0.3 is 0 Å². The lowest BCUT2D eigenvalue weighted by atomic mass is 10.1. The molecular weight excluding hydrogens is 212 g/mol. The highest BCUT2D eigenvalue weighted by atomic mass is 16.5. The van der Waals surface area contributed by atoms with Crippen molar-refractivity contribution in [2.24, 2.45) is 0 Å². The fraction of sp³-hybridized carbons (Fsp3) is 0.200. The van der Waals surface area contributed by atoms with Crippen molar-refractivity contribution in [3.8, 4) is 5.75 Å². The SMILES string of the molecule is COc1ccc2c(c1)oc1cc(C)c(C)cc12. The topological polar surface area (TPSA) is 22.4 Å². The molecule has 3 aromatic rings. The summed E-state index contributed by atoms with van der Waals surface area (Å²) in [5.74, 6) is 0.824. The molecule has 0 fully saturated rings. The minimum Gasteiger partial charge on any atom is -0.497 e. The first-order valence-corrected chi connectivity index (χ1v) is 5.66. The van der Waals surface area contributed by atoms with Crippen LogP contribution in [0.2, 0.25) is 0 Å². The Labute approximate surface area is 99.8 Å². The van der Waals surface area contributed by atoms with Crippen LogP contribution in [-0.4, -0.2) is 7.11 Å². The van der Waals surface area contributed by atoms with E-state index in [1.165, 1.54) is 16.5 Å². The zero-order valence-corrected chi connectivity index (χ0v) is 10.2. The molecule has 0 spiro atoms. The van der Waals surface area contributed by atoms with Gasteiger partial charge in [0.25, 0.3) is 0 Å². The van der Waals surface area contributed by atoms with E-state index < -0.39 is 0 Å². The molecule has 1 aromatic heterocycles. The molecule has 2 heteroatoms. The van der Waals surface area contributed by atoms with Crippen LogP contribution in [0, 0.1) is 13.8 Å². The van der Waals surface area contributed by atoms with Crippen LogP contribution in [0.5, 0.6) is 5.75 Å². The van der Waals surface area contributed by atoms with Gasteiger partial charge in [0.05, 0.1) is 7.11 Å². The van der Waals surface area contributed by atoms with E-state index >= 15 is 0 Å². The molecule has 86 valence electrons. The Hall–Kier alpha value is -1.96. The van der Waals surface area contributed by atoms with E-state index in [2.05, 4.69) is 32.0 Å². The van der Waals surface area contributed by atoms with E-state index in [9.17, 15) is 0 Å². The smallest absolute Gasteiger partial charge is 0.139 e. The Kier molecular flexibility index (Phi) is 2.11. The number of fused-ring (bicyclic) bond motifs is 3. The lowest BCUT2D eigenvalue weighted by Crippen LogP contribution is -1.80. The number of hydrogen-bond donors (Lipinski definition) is 0. The molecule has 3 rings (SSSR count). The van der Waals surface area contributed by atoms with Gasteiger partial charge in [-0.05, 0) is 49.2 Å². The van der Waals surface area contributed by atoms with Crippen molar-refractivity contribution in [1.29, 1.82) is 0 Å². The van der Waals surface area contributed by atoms with Crippen molar-refractivity contribution < 1.29 is 9.15 Å². The van der Waals surface area contributed by atoms with E-state index in [0.717, 1.165) is 22.3 Å². The standard InChI is InChI=1S/C15H14O2/c1-9-6-13-12-5-4-11(16-3)8-15(12)17-14(13)7-10(9)2/h4-8H,1-3H3. The summed E-state index contributed by atoms with van der Waals surface area (Å²) in [6, 6.07) is 10.2. The Morgan fingerprint density at radius 3 is 2.35 bits per heavy atom. The third-order valence-corrected chi connectivity index (χ3v) is 3.29. The summed E-state index contributed by atoms with van der Waals surface area (Å²) in [5.41, 5.74) is 4.36. The van der Waals surface area contributed by atoms with E-state index in [0.29, 0.717) is 0 Å². The van der Waals surface area contributed by atoms with Gasteiger partial charge in [-0.15, -0.1) is 0 Å². The van der Waals surface area contributed by atoms with Gasteiger partial charge in [-0.3, -0.25) is 0 Å². The third-order valence-electron chi connectivity index (χ3n) is 3.29. The Morgan fingerprint density at radius 1 is 0.882 bits per heavy atom. The Balaban J connectivity index is 2.41.